The molecule has 0 aromatic carbocycles. The van der Waals surface area contributed by atoms with Crippen LogP contribution >= 0.6 is 0 Å². The molecule has 0 radical (unpaired) electrons. The predicted octanol–water partition coefficient (Wildman–Crippen LogP) is 1.20. The molecular weight excluding hydrogens is 184 g/mol. The van der Waals surface area contributed by atoms with E-state index in [1.165, 1.54) is 6.92 Å². The minimum atomic E-state index is -0.424. The fourth-order valence-electron chi connectivity index (χ4n) is 1.16. The van der Waals surface area contributed by atoms with E-state index < -0.39 is 5.97 Å². The zero-order chi connectivity index (χ0) is 10.7. The molecule has 0 amide bonds. The van der Waals surface area contributed by atoms with Gasteiger partial charge in [0.15, 0.2) is 0 Å². The number of hydrogen-bond donors (Lipinski definition) is 0. The Morgan fingerprint density at radius 3 is 2.00 bits per heavy atom. The van der Waals surface area contributed by atoms with Crippen LogP contribution in [0.15, 0.2) is 12.2 Å². The summed E-state index contributed by atoms with van der Waals surface area (Å²) < 4.78 is 9.98. The Hall–Kier alpha value is -1.32. The van der Waals surface area contributed by atoms with Crippen LogP contribution in [0.1, 0.15) is 26.7 Å². The van der Waals surface area contributed by atoms with Gasteiger partial charge in [0.1, 0.15) is 12.2 Å². The van der Waals surface area contributed by atoms with Crippen LogP contribution in [0.2, 0.25) is 0 Å². The van der Waals surface area contributed by atoms with Crippen LogP contribution in [0.4, 0.5) is 0 Å². The summed E-state index contributed by atoms with van der Waals surface area (Å²) in [4.78, 5) is 21.7. The Balaban J connectivity index is 2.36. The van der Waals surface area contributed by atoms with Gasteiger partial charge in [-0.15, -0.1) is 0 Å². The molecule has 1 aliphatic carbocycles. The molecule has 1 aliphatic rings. The average Bonchev–Trinajstić information content (AvgIpc) is 2.07. The van der Waals surface area contributed by atoms with Crippen molar-refractivity contribution in [2.24, 2.45) is 0 Å². The van der Waals surface area contributed by atoms with Gasteiger partial charge in [0.2, 0.25) is 0 Å². The van der Waals surface area contributed by atoms with Gasteiger partial charge in [-0.25, -0.2) is 4.79 Å². The standard InChI is InChI=1S/C10H14O4/c1-6(2)10(12)14-9-5-4-8(9)13-7(3)11/h8-9H,1,4-5H2,2-3H3. The highest BCUT2D eigenvalue weighted by Gasteiger charge is 2.36. The summed E-state index contributed by atoms with van der Waals surface area (Å²) in [6.45, 7) is 6.40. The van der Waals surface area contributed by atoms with Crippen LogP contribution in [-0.2, 0) is 19.1 Å². The molecule has 0 spiro atoms. The second-order valence-electron chi connectivity index (χ2n) is 3.45. The molecule has 0 heterocycles. The minimum Gasteiger partial charge on any atom is -0.459 e. The maximum absolute atomic E-state index is 11.1. The lowest BCUT2D eigenvalue weighted by Gasteiger charge is -2.34. The maximum atomic E-state index is 11.1. The van der Waals surface area contributed by atoms with Crippen LogP contribution in [0.25, 0.3) is 0 Å². The summed E-state index contributed by atoms with van der Waals surface area (Å²) in [6, 6.07) is 0. The molecule has 4 nitrogen and oxygen atoms in total. The summed E-state index contributed by atoms with van der Waals surface area (Å²) in [5.41, 5.74) is 0.360. The fraction of sp³-hybridized carbons (Fsp3) is 0.600. The molecule has 2 unspecified atom stereocenters. The van der Waals surface area contributed by atoms with Crippen molar-refractivity contribution in [1.29, 1.82) is 0 Å². The van der Waals surface area contributed by atoms with Gasteiger partial charge in [0, 0.05) is 12.5 Å². The molecule has 4 heteroatoms. The highest BCUT2D eigenvalue weighted by atomic mass is 16.6. The maximum Gasteiger partial charge on any atom is 0.333 e. The lowest BCUT2D eigenvalue weighted by atomic mass is 9.91. The van der Waals surface area contributed by atoms with Crippen molar-refractivity contribution >= 4 is 11.9 Å². The zero-order valence-electron chi connectivity index (χ0n) is 8.41. The Morgan fingerprint density at radius 2 is 1.64 bits per heavy atom. The molecule has 1 saturated carbocycles. The Morgan fingerprint density at radius 1 is 1.14 bits per heavy atom. The second-order valence-corrected chi connectivity index (χ2v) is 3.45. The Labute approximate surface area is 82.9 Å². The van der Waals surface area contributed by atoms with Gasteiger partial charge in [0.25, 0.3) is 0 Å². The number of carbonyl (C=O) groups excluding carboxylic acids is 2. The van der Waals surface area contributed by atoms with Crippen molar-refractivity contribution < 1.29 is 19.1 Å². The molecule has 0 N–H and O–H groups in total. The normalized spacial score (nSPS) is 24.7. The summed E-state index contributed by atoms with van der Waals surface area (Å²) in [6.07, 6.45) is 0.948. The van der Waals surface area contributed by atoms with Crippen molar-refractivity contribution in [3.63, 3.8) is 0 Å². The largest absolute Gasteiger partial charge is 0.459 e. The van der Waals surface area contributed by atoms with Gasteiger partial charge in [-0.1, -0.05) is 6.58 Å². The van der Waals surface area contributed by atoms with Crippen LogP contribution in [0, 0.1) is 0 Å². The second kappa shape index (κ2) is 4.26. The Bertz CT molecular complexity index is 269. The van der Waals surface area contributed by atoms with Gasteiger partial charge < -0.3 is 9.47 Å². The van der Waals surface area contributed by atoms with E-state index in [4.69, 9.17) is 9.47 Å². The van der Waals surface area contributed by atoms with Gasteiger partial charge in [0.05, 0.1) is 0 Å². The third kappa shape index (κ3) is 2.58. The molecule has 0 aromatic rings. The molecule has 78 valence electrons. The zero-order valence-corrected chi connectivity index (χ0v) is 8.41. The molecule has 1 rings (SSSR count). The minimum absolute atomic E-state index is 0.268. The summed E-state index contributed by atoms with van der Waals surface area (Å²) in [5.74, 6) is -0.766. The lowest BCUT2D eigenvalue weighted by molar-refractivity contribution is -0.176. The highest BCUT2D eigenvalue weighted by Crippen LogP contribution is 2.27. The van der Waals surface area contributed by atoms with Crippen molar-refractivity contribution in [2.45, 2.75) is 38.9 Å². The number of ether oxygens (including phenoxy) is 2. The van der Waals surface area contributed by atoms with Crippen LogP contribution in [0.3, 0.4) is 0 Å². The quantitative estimate of drug-likeness (QED) is 0.505. The first-order valence-electron chi connectivity index (χ1n) is 4.54. The molecule has 0 aromatic heterocycles. The number of rotatable bonds is 3. The summed E-state index contributed by atoms with van der Waals surface area (Å²) in [7, 11) is 0. The highest BCUT2D eigenvalue weighted by molar-refractivity contribution is 5.87. The molecule has 0 saturated heterocycles. The SMILES string of the molecule is C=C(C)C(=O)OC1CCC1OC(C)=O. The van der Waals surface area contributed by atoms with Gasteiger partial charge in [-0.05, 0) is 19.8 Å². The topological polar surface area (TPSA) is 52.6 Å². The first kappa shape index (κ1) is 10.8. The van der Waals surface area contributed by atoms with Gasteiger partial charge >= 0.3 is 11.9 Å². The average molecular weight is 198 g/mol. The van der Waals surface area contributed by atoms with Crippen molar-refractivity contribution in [2.75, 3.05) is 0 Å². The van der Waals surface area contributed by atoms with Crippen LogP contribution < -0.4 is 0 Å². The third-order valence-electron chi connectivity index (χ3n) is 2.07. The lowest BCUT2D eigenvalue weighted by Crippen LogP contribution is -2.43. The summed E-state index contributed by atoms with van der Waals surface area (Å²) >= 11 is 0. The first-order chi connectivity index (χ1) is 6.50. The van der Waals surface area contributed by atoms with Gasteiger partial charge in [-0.2, -0.15) is 0 Å². The molecule has 1 fully saturated rings. The molecular formula is C10H14O4. The van der Waals surface area contributed by atoms with Crippen molar-refractivity contribution in [3.8, 4) is 0 Å². The van der Waals surface area contributed by atoms with E-state index in [1.807, 2.05) is 0 Å². The molecule has 2 atom stereocenters. The summed E-state index contributed by atoms with van der Waals surface area (Å²) in [5, 5.41) is 0. The smallest absolute Gasteiger partial charge is 0.333 e. The third-order valence-corrected chi connectivity index (χ3v) is 2.07. The monoisotopic (exact) mass is 198 g/mol. The molecule has 14 heavy (non-hydrogen) atoms. The fourth-order valence-corrected chi connectivity index (χ4v) is 1.16. The number of carbonyl (C=O) groups is 2. The number of hydrogen-bond acceptors (Lipinski definition) is 4. The van der Waals surface area contributed by atoms with Crippen molar-refractivity contribution in [3.05, 3.63) is 12.2 Å². The first-order valence-corrected chi connectivity index (χ1v) is 4.54. The van der Waals surface area contributed by atoms with E-state index in [-0.39, 0.29) is 18.2 Å². The van der Waals surface area contributed by atoms with E-state index in [0.717, 1.165) is 12.8 Å². The number of esters is 2. The van der Waals surface area contributed by atoms with E-state index in [2.05, 4.69) is 6.58 Å². The Kier molecular flexibility index (Phi) is 3.28. The molecule has 0 bridgehead atoms. The van der Waals surface area contributed by atoms with Crippen molar-refractivity contribution in [1.82, 2.24) is 0 Å². The van der Waals surface area contributed by atoms with Crippen LogP contribution in [-0.4, -0.2) is 24.1 Å². The predicted molar refractivity (Wildman–Crippen MR) is 49.5 cm³/mol. The van der Waals surface area contributed by atoms with Gasteiger partial charge in [-0.3, -0.25) is 4.79 Å². The molecule has 0 aliphatic heterocycles. The van der Waals surface area contributed by atoms with E-state index >= 15 is 0 Å². The van der Waals surface area contributed by atoms with E-state index in [0.29, 0.717) is 5.57 Å². The van der Waals surface area contributed by atoms with Crippen LogP contribution in [0.5, 0.6) is 0 Å². The van der Waals surface area contributed by atoms with E-state index in [1.54, 1.807) is 6.92 Å². The van der Waals surface area contributed by atoms with E-state index in [9.17, 15) is 9.59 Å².